The maximum Gasteiger partial charge on any atom is 0.233 e. The lowest BCUT2D eigenvalue weighted by Gasteiger charge is -2.39. The van der Waals surface area contributed by atoms with Gasteiger partial charge >= 0.3 is 0 Å². The lowest BCUT2D eigenvalue weighted by Crippen LogP contribution is -2.49. The van der Waals surface area contributed by atoms with Crippen molar-refractivity contribution in [1.29, 1.82) is 0 Å². The summed E-state index contributed by atoms with van der Waals surface area (Å²) in [6.07, 6.45) is 1.57. The van der Waals surface area contributed by atoms with Gasteiger partial charge in [0.05, 0.1) is 5.41 Å². The minimum Gasteiger partial charge on any atom is -0.381 e. The molecule has 0 aromatic heterocycles. The van der Waals surface area contributed by atoms with Crippen LogP contribution in [0, 0.1) is 5.92 Å². The van der Waals surface area contributed by atoms with E-state index in [1.807, 2.05) is 18.2 Å². The van der Waals surface area contributed by atoms with Gasteiger partial charge in [-0.25, -0.2) is 0 Å². The first-order valence-corrected chi connectivity index (χ1v) is 8.64. The first-order valence-electron chi connectivity index (χ1n) is 8.64. The molecule has 0 N–H and O–H groups in total. The molecule has 126 valence electrons. The minimum atomic E-state index is -0.402. The van der Waals surface area contributed by atoms with Crippen LogP contribution in [0.4, 0.5) is 0 Å². The molecule has 1 aromatic carbocycles. The lowest BCUT2D eigenvalue weighted by molar-refractivity contribution is -0.140. The molecule has 0 spiro atoms. The summed E-state index contributed by atoms with van der Waals surface area (Å²) in [6, 6.07) is 10.7. The van der Waals surface area contributed by atoms with E-state index in [-0.39, 0.29) is 0 Å². The van der Waals surface area contributed by atoms with Gasteiger partial charge in [0.1, 0.15) is 0 Å². The van der Waals surface area contributed by atoms with Gasteiger partial charge < -0.3 is 14.5 Å². The number of hydrogen-bond acceptors (Lipinski definition) is 3. The normalized spacial score (nSPS) is 27.4. The van der Waals surface area contributed by atoms with Crippen molar-refractivity contribution in [2.45, 2.75) is 31.2 Å². The molecule has 0 saturated carbocycles. The number of likely N-dealkylation sites (tertiary alicyclic amines) is 1. The fourth-order valence-electron chi connectivity index (χ4n) is 4.19. The van der Waals surface area contributed by atoms with Gasteiger partial charge in [-0.05, 0) is 38.4 Å². The molecule has 0 bridgehead atoms. The summed E-state index contributed by atoms with van der Waals surface area (Å²) in [6.45, 7) is 5.28. The minimum absolute atomic E-state index is 0.295. The predicted molar refractivity (Wildman–Crippen MR) is 91.4 cm³/mol. The highest BCUT2D eigenvalue weighted by Gasteiger charge is 2.46. The summed E-state index contributed by atoms with van der Waals surface area (Å²) in [4.78, 5) is 17.8. The molecule has 23 heavy (non-hydrogen) atoms. The Bertz CT molecular complexity index is 538. The van der Waals surface area contributed by atoms with E-state index in [1.165, 1.54) is 0 Å². The van der Waals surface area contributed by atoms with Crippen molar-refractivity contribution in [3.63, 3.8) is 0 Å². The molecule has 2 atom stereocenters. The van der Waals surface area contributed by atoms with E-state index in [9.17, 15) is 4.79 Å². The van der Waals surface area contributed by atoms with Gasteiger partial charge in [0.2, 0.25) is 5.91 Å². The zero-order valence-corrected chi connectivity index (χ0v) is 14.5. The van der Waals surface area contributed by atoms with Crippen LogP contribution >= 0.6 is 0 Å². The quantitative estimate of drug-likeness (QED) is 0.856. The number of ether oxygens (including phenoxy) is 1. The first-order chi connectivity index (χ1) is 11.0. The SMILES string of the molecule is C[C@@H]1CN(C(=O)C2(c3ccccc3)CCOCC2)C[C@@H]1N(C)C. The third-order valence-electron chi connectivity index (χ3n) is 5.61. The van der Waals surface area contributed by atoms with Gasteiger partial charge in [0, 0.05) is 32.3 Å². The van der Waals surface area contributed by atoms with E-state index < -0.39 is 5.41 Å². The van der Waals surface area contributed by atoms with Gasteiger partial charge in [-0.1, -0.05) is 37.3 Å². The predicted octanol–water partition coefficient (Wildman–Crippen LogP) is 2.14. The summed E-state index contributed by atoms with van der Waals surface area (Å²) in [5.41, 5.74) is 0.745. The zero-order chi connectivity index (χ0) is 16.4. The number of amides is 1. The Labute approximate surface area is 139 Å². The molecule has 0 radical (unpaired) electrons. The number of nitrogens with zero attached hydrogens (tertiary/aromatic N) is 2. The van der Waals surface area contributed by atoms with Crippen LogP contribution < -0.4 is 0 Å². The zero-order valence-electron chi connectivity index (χ0n) is 14.5. The maximum atomic E-state index is 13.5. The van der Waals surface area contributed by atoms with Crippen LogP contribution in [0.3, 0.4) is 0 Å². The van der Waals surface area contributed by atoms with Crippen LogP contribution in [0.1, 0.15) is 25.3 Å². The fourth-order valence-corrected chi connectivity index (χ4v) is 4.19. The Morgan fingerprint density at radius 2 is 1.83 bits per heavy atom. The summed E-state index contributed by atoms with van der Waals surface area (Å²) in [5.74, 6) is 0.810. The maximum absolute atomic E-state index is 13.5. The number of rotatable bonds is 3. The van der Waals surface area contributed by atoms with Gasteiger partial charge in [-0.2, -0.15) is 0 Å². The second kappa shape index (κ2) is 6.62. The highest BCUT2D eigenvalue weighted by Crippen LogP contribution is 2.38. The Balaban J connectivity index is 1.88. The molecule has 4 nitrogen and oxygen atoms in total. The van der Waals surface area contributed by atoms with E-state index in [2.05, 4.69) is 43.0 Å². The average Bonchev–Trinajstić information content (AvgIpc) is 2.97. The Morgan fingerprint density at radius 3 is 2.39 bits per heavy atom. The number of hydrogen-bond donors (Lipinski definition) is 0. The van der Waals surface area contributed by atoms with Crippen molar-refractivity contribution in [2.75, 3.05) is 40.4 Å². The van der Waals surface area contributed by atoms with Gasteiger partial charge in [0.25, 0.3) is 0 Å². The molecule has 3 rings (SSSR count). The van der Waals surface area contributed by atoms with E-state index in [1.54, 1.807) is 0 Å². The van der Waals surface area contributed by atoms with E-state index in [4.69, 9.17) is 4.74 Å². The third-order valence-corrected chi connectivity index (χ3v) is 5.61. The summed E-state index contributed by atoms with van der Waals surface area (Å²) < 4.78 is 5.56. The molecular weight excluding hydrogens is 288 g/mol. The van der Waals surface area contributed by atoms with Crippen LogP contribution in [0.25, 0.3) is 0 Å². The average molecular weight is 316 g/mol. The Kier molecular flexibility index (Phi) is 4.74. The number of carbonyl (C=O) groups is 1. The second-order valence-corrected chi connectivity index (χ2v) is 7.28. The van der Waals surface area contributed by atoms with Crippen molar-refractivity contribution in [3.8, 4) is 0 Å². The molecule has 2 fully saturated rings. The highest BCUT2D eigenvalue weighted by molar-refractivity contribution is 5.88. The van der Waals surface area contributed by atoms with Crippen LogP contribution in [-0.4, -0.2) is 62.1 Å². The Morgan fingerprint density at radius 1 is 1.17 bits per heavy atom. The van der Waals surface area contributed by atoms with Crippen molar-refractivity contribution in [2.24, 2.45) is 5.92 Å². The summed E-state index contributed by atoms with van der Waals surface area (Å²) in [7, 11) is 4.22. The van der Waals surface area contributed by atoms with E-state index in [0.717, 1.165) is 31.5 Å². The van der Waals surface area contributed by atoms with Crippen molar-refractivity contribution in [3.05, 3.63) is 35.9 Å². The number of carbonyl (C=O) groups excluding carboxylic acids is 1. The highest BCUT2D eigenvalue weighted by atomic mass is 16.5. The van der Waals surface area contributed by atoms with E-state index in [0.29, 0.717) is 31.1 Å². The Hall–Kier alpha value is -1.39. The van der Waals surface area contributed by atoms with Crippen molar-refractivity contribution in [1.82, 2.24) is 9.80 Å². The molecule has 2 aliphatic heterocycles. The topological polar surface area (TPSA) is 32.8 Å². The molecular formula is C19H28N2O2. The molecule has 1 amide bonds. The molecule has 4 heteroatoms. The van der Waals surface area contributed by atoms with Crippen LogP contribution in [0.15, 0.2) is 30.3 Å². The summed E-state index contributed by atoms with van der Waals surface area (Å²) in [5, 5.41) is 0. The molecule has 2 aliphatic rings. The van der Waals surface area contributed by atoms with Crippen LogP contribution in [-0.2, 0) is 14.9 Å². The van der Waals surface area contributed by atoms with Gasteiger partial charge in [-0.15, -0.1) is 0 Å². The standard InChI is InChI=1S/C19H28N2O2/c1-15-13-21(14-17(15)20(2)3)18(22)19(9-11-23-12-10-19)16-7-5-4-6-8-16/h4-8,15,17H,9-14H2,1-3H3/t15-,17+/m1/s1. The molecule has 2 saturated heterocycles. The fraction of sp³-hybridized carbons (Fsp3) is 0.632. The molecule has 1 aromatic rings. The molecule has 0 aliphatic carbocycles. The van der Waals surface area contributed by atoms with Gasteiger partial charge in [-0.3, -0.25) is 4.79 Å². The monoisotopic (exact) mass is 316 g/mol. The lowest BCUT2D eigenvalue weighted by atomic mass is 9.73. The smallest absolute Gasteiger partial charge is 0.233 e. The molecule has 0 unspecified atom stereocenters. The van der Waals surface area contributed by atoms with Crippen LogP contribution in [0.5, 0.6) is 0 Å². The van der Waals surface area contributed by atoms with E-state index >= 15 is 0 Å². The van der Waals surface area contributed by atoms with Crippen molar-refractivity contribution < 1.29 is 9.53 Å². The van der Waals surface area contributed by atoms with Crippen LogP contribution in [0.2, 0.25) is 0 Å². The third kappa shape index (κ3) is 3.02. The number of likely N-dealkylation sites (N-methyl/N-ethyl adjacent to an activating group) is 1. The largest absolute Gasteiger partial charge is 0.381 e. The van der Waals surface area contributed by atoms with Gasteiger partial charge in [0.15, 0.2) is 0 Å². The molecule has 2 heterocycles. The first kappa shape index (κ1) is 16.5. The second-order valence-electron chi connectivity index (χ2n) is 7.28. The number of benzene rings is 1. The summed E-state index contributed by atoms with van der Waals surface area (Å²) >= 11 is 0. The van der Waals surface area contributed by atoms with Crippen molar-refractivity contribution >= 4 is 5.91 Å².